The maximum atomic E-state index is 2.60. The summed E-state index contributed by atoms with van der Waals surface area (Å²) in [5.41, 5.74) is 1.58. The molecule has 0 aromatic heterocycles. The van der Waals surface area contributed by atoms with E-state index in [1.165, 1.54) is 12.8 Å². The summed E-state index contributed by atoms with van der Waals surface area (Å²) in [5.74, 6) is 3.11. The van der Waals surface area contributed by atoms with E-state index in [0.29, 0.717) is 0 Å². The molecule has 0 heterocycles. The van der Waals surface area contributed by atoms with Crippen molar-refractivity contribution in [1.29, 1.82) is 0 Å². The van der Waals surface area contributed by atoms with Gasteiger partial charge in [0.05, 0.1) is 0 Å². The summed E-state index contributed by atoms with van der Waals surface area (Å²) in [5, 5.41) is 0. The van der Waals surface area contributed by atoms with Gasteiger partial charge in [-0.05, 0) is 60.7 Å². The first kappa shape index (κ1) is 11.5. The van der Waals surface area contributed by atoms with Crippen LogP contribution >= 0.6 is 0 Å². The van der Waals surface area contributed by atoms with Crippen LogP contribution < -0.4 is 0 Å². The van der Waals surface area contributed by atoms with Crippen molar-refractivity contribution >= 4 is 0 Å². The van der Waals surface area contributed by atoms with Crippen molar-refractivity contribution < 1.29 is 0 Å². The Labute approximate surface area is 95.8 Å². The van der Waals surface area contributed by atoms with Crippen LogP contribution in [0.25, 0.3) is 0 Å². The minimum absolute atomic E-state index is 0.731. The van der Waals surface area contributed by atoms with Crippen LogP contribution in [0.15, 0.2) is 0 Å². The van der Waals surface area contributed by atoms with E-state index in [2.05, 4.69) is 20.8 Å². The summed E-state index contributed by atoms with van der Waals surface area (Å²) in [6, 6.07) is 0. The molecule has 0 bridgehead atoms. The van der Waals surface area contributed by atoms with E-state index >= 15 is 0 Å². The third-order valence-corrected chi connectivity index (χ3v) is 6.29. The third kappa shape index (κ3) is 1.26. The first-order chi connectivity index (χ1) is 7.10. The van der Waals surface area contributed by atoms with Gasteiger partial charge in [-0.15, -0.1) is 0 Å². The molecule has 1 spiro atoms. The zero-order valence-corrected chi connectivity index (χ0v) is 11.3. The highest BCUT2D eigenvalue weighted by molar-refractivity contribution is 5.19. The van der Waals surface area contributed by atoms with Gasteiger partial charge in [0.1, 0.15) is 0 Å². The molecule has 4 unspecified atom stereocenters. The second-order valence-corrected chi connectivity index (χ2v) is 6.32. The minimum atomic E-state index is 0.731. The zero-order chi connectivity index (χ0) is 11.3. The Morgan fingerprint density at radius 1 is 1.00 bits per heavy atom. The van der Waals surface area contributed by atoms with Crippen LogP contribution in [-0.4, -0.2) is 0 Å². The molecular weight excluding hydrogens is 180 g/mol. The first-order valence-corrected chi connectivity index (χ1v) is 7.10. The van der Waals surface area contributed by atoms with Crippen molar-refractivity contribution in [3.63, 3.8) is 0 Å². The van der Waals surface area contributed by atoms with Gasteiger partial charge in [0.25, 0.3) is 0 Å². The van der Waals surface area contributed by atoms with Crippen LogP contribution in [-0.2, 0) is 0 Å². The predicted octanol–water partition coefficient (Wildman–Crippen LogP) is 4.89. The molecule has 0 saturated heterocycles. The fourth-order valence-corrected chi connectivity index (χ4v) is 4.82. The highest BCUT2D eigenvalue weighted by Crippen LogP contribution is 2.78. The fourth-order valence-electron chi connectivity index (χ4n) is 4.82. The lowest BCUT2D eigenvalue weighted by Crippen LogP contribution is -2.41. The second kappa shape index (κ2) is 3.50. The molecule has 3 rings (SSSR count). The molecule has 0 aromatic rings. The molecule has 0 amide bonds. The minimum Gasteiger partial charge on any atom is -0.0683 e. The summed E-state index contributed by atoms with van der Waals surface area (Å²) < 4.78 is 0. The molecule has 0 N–H and O–H groups in total. The Morgan fingerprint density at radius 2 is 1.67 bits per heavy atom. The predicted molar refractivity (Wildman–Crippen MR) is 66.8 cm³/mol. The van der Waals surface area contributed by atoms with Gasteiger partial charge in [-0.1, -0.05) is 34.6 Å². The number of rotatable bonds is 0. The Morgan fingerprint density at radius 3 is 2.27 bits per heavy atom. The number of hydrogen-bond acceptors (Lipinski definition) is 0. The maximum Gasteiger partial charge on any atom is -0.0210 e. The lowest BCUT2D eigenvalue weighted by molar-refractivity contribution is 0.00703. The van der Waals surface area contributed by atoms with Gasteiger partial charge in [-0.3, -0.25) is 0 Å². The highest BCUT2D eigenvalue weighted by atomic mass is 14.7. The average Bonchev–Trinajstić information content (AvgIpc) is 2.91. The van der Waals surface area contributed by atoms with E-state index in [1.807, 2.05) is 13.8 Å². The molecule has 3 aliphatic carbocycles. The van der Waals surface area contributed by atoms with Gasteiger partial charge >= 0.3 is 0 Å². The molecule has 3 aliphatic rings. The van der Waals surface area contributed by atoms with Crippen LogP contribution in [0, 0.1) is 28.6 Å². The lowest BCUT2D eigenvalue weighted by Gasteiger charge is -2.48. The van der Waals surface area contributed by atoms with Crippen LogP contribution in [0.2, 0.25) is 0 Å². The molecule has 88 valence electrons. The molecule has 0 nitrogen and oxygen atoms in total. The molecule has 0 heteroatoms. The van der Waals surface area contributed by atoms with Crippen molar-refractivity contribution in [3.05, 3.63) is 0 Å². The van der Waals surface area contributed by atoms with Crippen molar-refractivity contribution in [2.45, 2.75) is 66.7 Å². The summed E-state index contributed by atoms with van der Waals surface area (Å²) in [6.07, 6.45) is 7.73. The van der Waals surface area contributed by atoms with Gasteiger partial charge in [-0.25, -0.2) is 0 Å². The third-order valence-electron chi connectivity index (χ3n) is 6.29. The molecule has 3 saturated carbocycles. The van der Waals surface area contributed by atoms with Crippen LogP contribution in [0.5, 0.6) is 0 Å². The van der Waals surface area contributed by atoms with Crippen molar-refractivity contribution in [3.8, 4) is 0 Å². The van der Waals surface area contributed by atoms with Crippen molar-refractivity contribution in [2.75, 3.05) is 0 Å². The molecule has 0 aromatic carbocycles. The molecule has 15 heavy (non-hydrogen) atoms. The summed E-state index contributed by atoms with van der Waals surface area (Å²) in [6.45, 7) is 11.6. The molecule has 0 aliphatic heterocycles. The smallest absolute Gasteiger partial charge is 0.0210 e. The first-order valence-electron chi connectivity index (χ1n) is 7.10. The molecule has 0 radical (unpaired) electrons. The second-order valence-electron chi connectivity index (χ2n) is 6.32. The quantitative estimate of drug-likeness (QED) is 0.532. The van der Waals surface area contributed by atoms with E-state index in [-0.39, 0.29) is 0 Å². The van der Waals surface area contributed by atoms with Crippen LogP contribution in [0.3, 0.4) is 0 Å². The monoisotopic (exact) mass is 208 g/mol. The van der Waals surface area contributed by atoms with E-state index in [0.717, 1.165) is 28.6 Å². The number of hydrogen-bond donors (Lipinski definition) is 0. The van der Waals surface area contributed by atoms with Crippen molar-refractivity contribution in [2.24, 2.45) is 28.6 Å². The topological polar surface area (TPSA) is 0 Å². The summed E-state index contributed by atoms with van der Waals surface area (Å²) in [7, 11) is 0. The average molecular weight is 208 g/mol. The van der Waals surface area contributed by atoms with Crippen LogP contribution in [0.4, 0.5) is 0 Å². The highest BCUT2D eigenvalue weighted by Gasteiger charge is 2.70. The largest absolute Gasteiger partial charge is 0.0683 e. The lowest BCUT2D eigenvalue weighted by atomic mass is 9.57. The Bertz CT molecular complexity index is 244. The van der Waals surface area contributed by atoms with Gasteiger partial charge in [0.15, 0.2) is 0 Å². The molecular formula is C15H28. The Kier molecular flexibility index (Phi) is 2.68. The molecule has 3 fully saturated rings. The van der Waals surface area contributed by atoms with Gasteiger partial charge in [0.2, 0.25) is 0 Å². The van der Waals surface area contributed by atoms with Crippen LogP contribution in [0.1, 0.15) is 66.7 Å². The fraction of sp³-hybridized carbons (Fsp3) is 1.00. The van der Waals surface area contributed by atoms with E-state index in [9.17, 15) is 0 Å². The van der Waals surface area contributed by atoms with E-state index in [4.69, 9.17) is 0 Å². The summed E-state index contributed by atoms with van der Waals surface area (Å²) in [4.78, 5) is 0. The van der Waals surface area contributed by atoms with Gasteiger partial charge in [0, 0.05) is 0 Å². The van der Waals surface area contributed by atoms with E-state index in [1.54, 1.807) is 19.3 Å². The maximum absolute atomic E-state index is 2.60. The SMILES string of the molecule is CC.CC1CCC23C[C@H]2CCC3(C)C1C. The van der Waals surface area contributed by atoms with Crippen molar-refractivity contribution in [1.82, 2.24) is 0 Å². The standard InChI is InChI=1S/C13H22.C2H6/c1-9-4-7-13-8-11(13)5-6-12(13,3)10(9)2;1-2/h9-11H,4-8H2,1-3H3;1-2H3/t9?,10?,11-,12?,13?;/m1./s1. The normalized spacial score (nSPS) is 56.2. The van der Waals surface area contributed by atoms with E-state index < -0.39 is 0 Å². The van der Waals surface area contributed by atoms with Gasteiger partial charge < -0.3 is 0 Å². The Hall–Kier alpha value is 0. The molecule has 5 atom stereocenters. The summed E-state index contributed by atoms with van der Waals surface area (Å²) >= 11 is 0. The zero-order valence-electron chi connectivity index (χ0n) is 11.3. The Balaban J connectivity index is 0.000000404. The van der Waals surface area contributed by atoms with Gasteiger partial charge in [-0.2, -0.15) is 0 Å².